The molecule has 33 heavy (non-hydrogen) atoms. The number of nitrogens with zero attached hydrogens (tertiary/aromatic N) is 1. The van der Waals surface area contributed by atoms with Gasteiger partial charge in [-0.1, -0.05) is 96.6 Å². The van der Waals surface area contributed by atoms with E-state index in [1.165, 1.54) is 56.2 Å². The van der Waals surface area contributed by atoms with E-state index in [4.69, 9.17) is 0 Å². The Hall–Kier alpha value is -3.84. The molecule has 1 heterocycles. The molecule has 0 aliphatic heterocycles. The fourth-order valence-corrected chi connectivity index (χ4v) is 5.86. The lowest BCUT2D eigenvalue weighted by molar-refractivity contribution is 0.808. The number of hydrogen-bond acceptors (Lipinski definition) is 0. The molecule has 1 fully saturated rings. The normalized spacial score (nSPS) is 21.2. The molecular weight excluding hydrogens is 398 g/mol. The van der Waals surface area contributed by atoms with Crippen LogP contribution in [-0.2, 0) is 5.41 Å². The largest absolute Gasteiger partial charge is 0.309 e. The Kier molecular flexibility index (Phi) is 3.87. The molecule has 1 nitrogen and oxygen atoms in total. The maximum Gasteiger partial charge on any atom is 0.0541 e. The zero-order valence-corrected chi connectivity index (χ0v) is 18.7. The van der Waals surface area contributed by atoms with Crippen molar-refractivity contribution >= 4 is 21.8 Å². The lowest BCUT2D eigenvalue weighted by Gasteiger charge is -2.18. The van der Waals surface area contributed by atoms with Crippen molar-refractivity contribution in [1.29, 1.82) is 0 Å². The average molecular weight is 424 g/mol. The second kappa shape index (κ2) is 6.83. The van der Waals surface area contributed by atoms with Crippen LogP contribution in [0.2, 0.25) is 0 Å². The molecular formula is C32H25N. The first-order valence-electron chi connectivity index (χ1n) is 11.8. The number of para-hydroxylation sites is 2. The minimum atomic E-state index is 0.208. The standard InChI is InChI=1S/C32H25N/c1-22-16-17-26-21-32(26,20-22)25-10-6-8-23(18-25)24-9-7-11-27(19-24)33-30-14-4-2-12-28(30)29-13-3-5-15-31(29)33/h2-20,26H,21H2,1H3. The summed E-state index contributed by atoms with van der Waals surface area (Å²) < 4.78 is 2.39. The van der Waals surface area contributed by atoms with Crippen LogP contribution in [0.3, 0.4) is 0 Å². The van der Waals surface area contributed by atoms with Crippen LogP contribution in [0, 0.1) is 5.92 Å². The van der Waals surface area contributed by atoms with Gasteiger partial charge in [-0.3, -0.25) is 0 Å². The van der Waals surface area contributed by atoms with E-state index < -0.39 is 0 Å². The average Bonchev–Trinajstić information content (AvgIpc) is 3.51. The molecule has 0 saturated heterocycles. The smallest absolute Gasteiger partial charge is 0.0541 e. The highest BCUT2D eigenvalue weighted by Gasteiger charge is 2.53. The van der Waals surface area contributed by atoms with E-state index in [-0.39, 0.29) is 5.41 Å². The number of allylic oxidation sites excluding steroid dienone is 4. The second-order valence-electron chi connectivity index (χ2n) is 9.60. The summed E-state index contributed by atoms with van der Waals surface area (Å²) in [4.78, 5) is 0. The zero-order chi connectivity index (χ0) is 22.0. The van der Waals surface area contributed by atoms with E-state index >= 15 is 0 Å². The molecule has 0 amide bonds. The lowest BCUT2D eigenvalue weighted by atomic mass is 9.86. The Bertz CT molecular complexity index is 1560. The van der Waals surface area contributed by atoms with Gasteiger partial charge in [-0.15, -0.1) is 0 Å². The molecule has 2 unspecified atom stereocenters. The number of fused-ring (bicyclic) bond motifs is 4. The van der Waals surface area contributed by atoms with Crippen LogP contribution in [0.4, 0.5) is 0 Å². The molecule has 2 atom stereocenters. The molecule has 2 aliphatic carbocycles. The van der Waals surface area contributed by atoms with E-state index in [2.05, 4.69) is 127 Å². The van der Waals surface area contributed by atoms with Crippen molar-refractivity contribution in [2.24, 2.45) is 5.92 Å². The van der Waals surface area contributed by atoms with E-state index in [0.29, 0.717) is 5.92 Å². The first-order valence-corrected chi connectivity index (χ1v) is 11.8. The van der Waals surface area contributed by atoms with Crippen molar-refractivity contribution < 1.29 is 0 Å². The summed E-state index contributed by atoms with van der Waals surface area (Å²) in [5.74, 6) is 0.653. The van der Waals surface area contributed by atoms with Gasteiger partial charge < -0.3 is 4.57 Å². The Labute approximate surface area is 194 Å². The Morgan fingerprint density at radius 1 is 0.727 bits per heavy atom. The highest BCUT2D eigenvalue weighted by atomic mass is 15.0. The van der Waals surface area contributed by atoms with Gasteiger partial charge in [0, 0.05) is 21.9 Å². The third-order valence-corrected chi connectivity index (χ3v) is 7.55. The van der Waals surface area contributed by atoms with Crippen molar-refractivity contribution in [3.05, 3.63) is 126 Å². The topological polar surface area (TPSA) is 4.93 Å². The van der Waals surface area contributed by atoms with Gasteiger partial charge in [-0.25, -0.2) is 0 Å². The number of rotatable bonds is 3. The van der Waals surface area contributed by atoms with Crippen molar-refractivity contribution in [3.63, 3.8) is 0 Å². The van der Waals surface area contributed by atoms with Crippen molar-refractivity contribution in [2.45, 2.75) is 18.8 Å². The zero-order valence-electron chi connectivity index (χ0n) is 18.7. The summed E-state index contributed by atoms with van der Waals surface area (Å²) in [6.45, 7) is 2.21. The van der Waals surface area contributed by atoms with Crippen LogP contribution in [0.5, 0.6) is 0 Å². The van der Waals surface area contributed by atoms with Crippen LogP contribution < -0.4 is 0 Å². The fraction of sp³-hybridized carbons (Fsp3) is 0.125. The lowest BCUT2D eigenvalue weighted by Crippen LogP contribution is -2.09. The first kappa shape index (κ1) is 18.7. The number of aromatic nitrogens is 1. The molecule has 0 bridgehead atoms. The molecule has 1 heteroatoms. The van der Waals surface area contributed by atoms with Crippen LogP contribution >= 0.6 is 0 Å². The van der Waals surface area contributed by atoms with Gasteiger partial charge in [0.1, 0.15) is 0 Å². The summed E-state index contributed by atoms with van der Waals surface area (Å²) in [7, 11) is 0. The van der Waals surface area contributed by atoms with Gasteiger partial charge in [-0.2, -0.15) is 0 Å². The summed E-state index contributed by atoms with van der Waals surface area (Å²) in [6.07, 6.45) is 8.37. The second-order valence-corrected chi connectivity index (χ2v) is 9.60. The Morgan fingerprint density at radius 3 is 2.15 bits per heavy atom. The molecule has 1 aromatic heterocycles. The predicted octanol–water partition coefficient (Wildman–Crippen LogP) is 8.22. The van der Waals surface area contributed by atoms with Crippen molar-refractivity contribution in [1.82, 2.24) is 4.57 Å². The molecule has 0 N–H and O–H groups in total. The predicted molar refractivity (Wildman–Crippen MR) is 139 cm³/mol. The van der Waals surface area contributed by atoms with E-state index in [1.54, 1.807) is 0 Å². The minimum absolute atomic E-state index is 0.208. The van der Waals surface area contributed by atoms with E-state index in [1.807, 2.05) is 0 Å². The summed E-state index contributed by atoms with van der Waals surface area (Å²) in [5.41, 5.74) is 9.28. The van der Waals surface area contributed by atoms with Crippen LogP contribution in [0.25, 0.3) is 38.6 Å². The molecule has 4 aromatic carbocycles. The first-order chi connectivity index (χ1) is 16.2. The van der Waals surface area contributed by atoms with Gasteiger partial charge in [0.15, 0.2) is 0 Å². The fourth-order valence-electron chi connectivity index (χ4n) is 5.86. The van der Waals surface area contributed by atoms with Crippen LogP contribution in [0.15, 0.2) is 121 Å². The Morgan fingerprint density at radius 2 is 1.39 bits per heavy atom. The molecule has 7 rings (SSSR count). The maximum absolute atomic E-state index is 2.48. The summed E-state index contributed by atoms with van der Waals surface area (Å²) >= 11 is 0. The van der Waals surface area contributed by atoms with Gasteiger partial charge in [0.2, 0.25) is 0 Å². The van der Waals surface area contributed by atoms with Gasteiger partial charge in [0.05, 0.1) is 11.0 Å². The third kappa shape index (κ3) is 2.79. The number of benzene rings is 4. The van der Waals surface area contributed by atoms with Gasteiger partial charge >= 0.3 is 0 Å². The van der Waals surface area contributed by atoms with E-state index in [9.17, 15) is 0 Å². The quantitative estimate of drug-likeness (QED) is 0.275. The highest BCUT2D eigenvalue weighted by Crippen LogP contribution is 2.58. The Balaban J connectivity index is 1.37. The molecule has 0 spiro atoms. The van der Waals surface area contributed by atoms with E-state index in [0.717, 1.165) is 0 Å². The summed E-state index contributed by atoms with van der Waals surface area (Å²) in [5, 5.41) is 2.60. The monoisotopic (exact) mass is 423 g/mol. The molecule has 5 aromatic rings. The molecule has 2 aliphatic rings. The van der Waals surface area contributed by atoms with Crippen LogP contribution in [-0.4, -0.2) is 4.57 Å². The van der Waals surface area contributed by atoms with Crippen molar-refractivity contribution in [2.75, 3.05) is 0 Å². The third-order valence-electron chi connectivity index (χ3n) is 7.55. The number of hydrogen-bond donors (Lipinski definition) is 0. The molecule has 0 radical (unpaired) electrons. The van der Waals surface area contributed by atoms with Gasteiger partial charge in [-0.05, 0) is 60.2 Å². The van der Waals surface area contributed by atoms with Gasteiger partial charge in [0.25, 0.3) is 0 Å². The van der Waals surface area contributed by atoms with Crippen molar-refractivity contribution in [3.8, 4) is 16.8 Å². The summed E-state index contributed by atoms with van der Waals surface area (Å²) in [6, 6.07) is 35.6. The van der Waals surface area contributed by atoms with Crippen LogP contribution in [0.1, 0.15) is 18.9 Å². The molecule has 158 valence electrons. The minimum Gasteiger partial charge on any atom is -0.309 e. The SMILES string of the molecule is CC1=CC2(c3cccc(-c4cccc(-n5c6ccccc6c6ccccc65)c4)c3)CC2C=C1. The highest BCUT2D eigenvalue weighted by molar-refractivity contribution is 6.09. The molecule has 1 saturated carbocycles. The maximum atomic E-state index is 2.48.